The molecule has 5 nitrogen and oxygen atoms in total. The summed E-state index contributed by atoms with van der Waals surface area (Å²) in [5, 5.41) is 0.0140. The van der Waals surface area contributed by atoms with Crippen molar-refractivity contribution in [3.8, 4) is 0 Å². The molecule has 2 aliphatic rings. The molecule has 0 spiro atoms. The van der Waals surface area contributed by atoms with E-state index < -0.39 is 37.1 Å². The zero-order valence-corrected chi connectivity index (χ0v) is 15.2. The molecule has 0 radical (unpaired) electrons. The molecule has 0 aliphatic carbocycles. The van der Waals surface area contributed by atoms with E-state index in [2.05, 4.69) is 0 Å². The molecule has 0 amide bonds. The maximum atomic E-state index is 13.1. The highest BCUT2D eigenvalue weighted by atomic mass is 32.2. The van der Waals surface area contributed by atoms with Crippen LogP contribution in [0.5, 0.6) is 0 Å². The van der Waals surface area contributed by atoms with Gasteiger partial charge < -0.3 is 4.74 Å². The molecule has 2 aliphatic heterocycles. The lowest BCUT2D eigenvalue weighted by molar-refractivity contribution is 0.128. The number of sulfone groups is 2. The van der Waals surface area contributed by atoms with E-state index in [1.165, 1.54) is 24.3 Å². The normalized spacial score (nSPS) is 26.5. The highest BCUT2D eigenvalue weighted by molar-refractivity contribution is 7.94. The van der Waals surface area contributed by atoms with Crippen molar-refractivity contribution in [1.29, 1.82) is 0 Å². The fourth-order valence-electron chi connectivity index (χ4n) is 3.29. The lowest BCUT2D eigenvalue weighted by Crippen LogP contribution is -2.32. The molecule has 2 aromatic carbocycles. The van der Waals surface area contributed by atoms with Gasteiger partial charge in [0.15, 0.2) is 19.7 Å². The van der Waals surface area contributed by atoms with E-state index in [1.54, 1.807) is 48.6 Å². The molecule has 0 N–H and O–H groups in total. The van der Waals surface area contributed by atoms with E-state index in [9.17, 15) is 16.8 Å². The summed E-state index contributed by atoms with van der Waals surface area (Å²) in [6, 6.07) is 16.0. The molecule has 7 heteroatoms. The summed E-state index contributed by atoms with van der Waals surface area (Å²) in [7, 11) is -7.56. The van der Waals surface area contributed by atoms with Gasteiger partial charge in [-0.2, -0.15) is 0 Å². The smallest absolute Gasteiger partial charge is 0.199 e. The van der Waals surface area contributed by atoms with Crippen LogP contribution in [0.15, 0.2) is 93.6 Å². The first-order chi connectivity index (χ1) is 12.4. The van der Waals surface area contributed by atoms with Crippen LogP contribution in [0, 0.1) is 0 Å². The molecule has 0 aromatic heterocycles. The van der Waals surface area contributed by atoms with E-state index in [1.807, 2.05) is 0 Å². The van der Waals surface area contributed by atoms with Crippen LogP contribution in [0.1, 0.15) is 0 Å². The molecular weight excluding hydrogens is 372 g/mol. The van der Waals surface area contributed by atoms with Gasteiger partial charge in [0.2, 0.25) is 0 Å². The lowest BCUT2D eigenvalue weighted by Gasteiger charge is -2.19. The first kappa shape index (κ1) is 17.2. The second kappa shape index (κ2) is 6.19. The van der Waals surface area contributed by atoms with Gasteiger partial charge in [0.1, 0.15) is 5.25 Å². The molecule has 2 bridgehead atoms. The zero-order chi connectivity index (χ0) is 18.4. The van der Waals surface area contributed by atoms with Crippen molar-refractivity contribution in [2.45, 2.75) is 27.2 Å². The van der Waals surface area contributed by atoms with Crippen LogP contribution < -0.4 is 0 Å². The monoisotopic (exact) mass is 388 g/mol. The summed E-state index contributed by atoms with van der Waals surface area (Å²) >= 11 is 0. The van der Waals surface area contributed by atoms with Crippen LogP contribution in [-0.4, -0.2) is 34.3 Å². The van der Waals surface area contributed by atoms with E-state index >= 15 is 0 Å². The van der Waals surface area contributed by atoms with Gasteiger partial charge in [-0.15, -0.1) is 0 Å². The van der Waals surface area contributed by atoms with Crippen molar-refractivity contribution in [1.82, 2.24) is 0 Å². The van der Waals surface area contributed by atoms with Gasteiger partial charge in [0.25, 0.3) is 0 Å². The summed E-state index contributed by atoms with van der Waals surface area (Å²) in [6.45, 7) is 0. The molecule has 0 saturated carbocycles. The number of hydrogen-bond acceptors (Lipinski definition) is 5. The van der Waals surface area contributed by atoms with Gasteiger partial charge in [0, 0.05) is 5.41 Å². The lowest BCUT2D eigenvalue weighted by atomic mass is 10.0. The average Bonchev–Trinajstić information content (AvgIpc) is 3.24. The fraction of sp³-hybridized carbons (Fsp3) is 0.158. The first-order valence-electron chi connectivity index (χ1n) is 8.04. The number of benzene rings is 2. The highest BCUT2D eigenvalue weighted by Crippen LogP contribution is 2.41. The fourth-order valence-corrected chi connectivity index (χ4v) is 6.58. The Morgan fingerprint density at radius 1 is 0.769 bits per heavy atom. The molecule has 2 aromatic rings. The SMILES string of the molecule is O=S(=O)(/C=C1\[C@@H]2C=C[C@@H](O2)[C@H]1S(=O)(=O)c1ccccc1)c1ccccc1. The Labute approximate surface area is 152 Å². The van der Waals surface area contributed by atoms with Crippen LogP contribution in [0.2, 0.25) is 0 Å². The molecule has 134 valence electrons. The molecule has 1 saturated heterocycles. The standard InChI is InChI=1S/C19H16O5S2/c20-25(21,14-7-3-1-4-8-14)13-16-17-11-12-18(24-17)19(16)26(22,23)15-9-5-2-6-10-15/h1-13,17-19H/b16-13+/t17-,18+,19-/m0/s1. The third kappa shape index (κ3) is 2.82. The first-order valence-corrected chi connectivity index (χ1v) is 11.1. The largest absolute Gasteiger partial charge is 0.361 e. The molecule has 1 fully saturated rings. The average molecular weight is 388 g/mol. The summed E-state index contributed by atoms with van der Waals surface area (Å²) in [4.78, 5) is 0.271. The number of ether oxygens (including phenoxy) is 1. The molecule has 4 rings (SSSR count). The van der Waals surface area contributed by atoms with Gasteiger partial charge in [-0.05, 0) is 29.8 Å². The van der Waals surface area contributed by atoms with Crippen LogP contribution in [0.4, 0.5) is 0 Å². The molecular formula is C19H16O5S2. The van der Waals surface area contributed by atoms with Gasteiger partial charge in [-0.1, -0.05) is 48.6 Å². The molecule has 3 atom stereocenters. The minimum absolute atomic E-state index is 0.120. The van der Waals surface area contributed by atoms with Gasteiger partial charge in [-0.3, -0.25) is 0 Å². The van der Waals surface area contributed by atoms with Crippen molar-refractivity contribution < 1.29 is 21.6 Å². The minimum atomic E-state index is -3.78. The minimum Gasteiger partial charge on any atom is -0.361 e. The van der Waals surface area contributed by atoms with Crippen LogP contribution in [0.3, 0.4) is 0 Å². The Bertz CT molecular complexity index is 1090. The van der Waals surface area contributed by atoms with Crippen LogP contribution >= 0.6 is 0 Å². The van der Waals surface area contributed by atoms with Crippen LogP contribution in [-0.2, 0) is 24.4 Å². The van der Waals surface area contributed by atoms with Gasteiger partial charge in [0.05, 0.1) is 22.0 Å². The predicted octanol–water partition coefficient (Wildman–Crippen LogP) is 2.52. The Hall–Kier alpha value is -2.22. The maximum absolute atomic E-state index is 13.1. The summed E-state index contributed by atoms with van der Waals surface area (Å²) in [5.41, 5.74) is 0.255. The van der Waals surface area contributed by atoms with E-state index in [0.29, 0.717) is 0 Å². The molecule has 2 heterocycles. The maximum Gasteiger partial charge on any atom is 0.199 e. The summed E-state index contributed by atoms with van der Waals surface area (Å²) < 4.78 is 57.3. The second-order valence-electron chi connectivity index (χ2n) is 6.16. The van der Waals surface area contributed by atoms with Gasteiger partial charge in [-0.25, -0.2) is 16.8 Å². The Morgan fingerprint density at radius 3 is 1.96 bits per heavy atom. The Morgan fingerprint density at radius 2 is 1.35 bits per heavy atom. The summed E-state index contributed by atoms with van der Waals surface area (Å²) in [5.74, 6) is 0. The van der Waals surface area contributed by atoms with Crippen molar-refractivity contribution in [2.24, 2.45) is 0 Å². The number of rotatable bonds is 4. The van der Waals surface area contributed by atoms with E-state index in [-0.39, 0.29) is 15.4 Å². The predicted molar refractivity (Wildman–Crippen MR) is 96.9 cm³/mol. The summed E-state index contributed by atoms with van der Waals surface area (Å²) in [6.07, 6.45) is 2.07. The Balaban J connectivity index is 1.82. The van der Waals surface area contributed by atoms with Crippen molar-refractivity contribution >= 4 is 19.7 Å². The third-order valence-electron chi connectivity index (χ3n) is 4.50. The Kier molecular flexibility index (Phi) is 4.10. The zero-order valence-electron chi connectivity index (χ0n) is 13.6. The number of hydrogen-bond donors (Lipinski definition) is 0. The topological polar surface area (TPSA) is 77.5 Å². The van der Waals surface area contributed by atoms with Crippen molar-refractivity contribution in [3.05, 3.63) is 83.8 Å². The van der Waals surface area contributed by atoms with Crippen molar-refractivity contribution in [2.75, 3.05) is 0 Å². The van der Waals surface area contributed by atoms with Gasteiger partial charge >= 0.3 is 0 Å². The van der Waals surface area contributed by atoms with E-state index in [0.717, 1.165) is 5.41 Å². The van der Waals surface area contributed by atoms with Crippen LogP contribution in [0.25, 0.3) is 0 Å². The molecule has 26 heavy (non-hydrogen) atoms. The highest BCUT2D eigenvalue weighted by Gasteiger charge is 2.49. The molecule has 0 unspecified atom stereocenters. The van der Waals surface area contributed by atoms with Crippen molar-refractivity contribution in [3.63, 3.8) is 0 Å². The second-order valence-corrected chi connectivity index (χ2v) is 10.0. The third-order valence-corrected chi connectivity index (χ3v) is 8.15. The van der Waals surface area contributed by atoms with E-state index in [4.69, 9.17) is 4.74 Å². The quantitative estimate of drug-likeness (QED) is 0.752. The number of fused-ring (bicyclic) bond motifs is 2.